The zero-order chi connectivity index (χ0) is 18.6. The van der Waals surface area contributed by atoms with Crippen molar-refractivity contribution in [2.24, 2.45) is 0 Å². The molecule has 0 aliphatic heterocycles. The van der Waals surface area contributed by atoms with Gasteiger partial charge in [-0.15, -0.1) is 0 Å². The Morgan fingerprint density at radius 2 is 1.50 bits per heavy atom. The van der Waals surface area contributed by atoms with E-state index >= 15 is 0 Å². The van der Waals surface area contributed by atoms with E-state index in [0.717, 1.165) is 11.1 Å². The Morgan fingerprint density at radius 3 is 2.04 bits per heavy atom. The molecular weight excluding hydrogens is 330 g/mol. The molecule has 2 N–H and O–H groups in total. The molecule has 2 aromatic carbocycles. The van der Waals surface area contributed by atoms with Crippen LogP contribution in [0.4, 0.5) is 0 Å². The Kier molecular flexibility index (Phi) is 8.83. The van der Waals surface area contributed by atoms with E-state index in [1.165, 1.54) is 6.92 Å². The number of rotatable bonds is 11. The zero-order valence-electron chi connectivity index (χ0n) is 15.1. The summed E-state index contributed by atoms with van der Waals surface area (Å²) >= 11 is 0. The highest BCUT2D eigenvalue weighted by molar-refractivity contribution is 5.73. The molecule has 1 amide bonds. The van der Waals surface area contributed by atoms with Gasteiger partial charge in [-0.2, -0.15) is 0 Å². The smallest absolute Gasteiger partial charge is 0.217 e. The molecule has 0 saturated heterocycles. The molecule has 0 bridgehead atoms. The third-order valence-electron chi connectivity index (χ3n) is 3.94. The fraction of sp³-hybridized carbons (Fsp3) is 0.381. The van der Waals surface area contributed by atoms with Crippen LogP contribution in [0, 0.1) is 0 Å². The third kappa shape index (κ3) is 7.78. The van der Waals surface area contributed by atoms with E-state index in [1.54, 1.807) is 0 Å². The van der Waals surface area contributed by atoms with Crippen LogP contribution in [0.25, 0.3) is 0 Å². The topological polar surface area (TPSA) is 67.8 Å². The minimum absolute atomic E-state index is 0.151. The van der Waals surface area contributed by atoms with Crippen LogP contribution in [0.3, 0.4) is 0 Å². The van der Waals surface area contributed by atoms with Gasteiger partial charge in [0.2, 0.25) is 5.91 Å². The number of carbonyl (C=O) groups is 1. The lowest BCUT2D eigenvalue weighted by atomic mass is 10.1. The number of ether oxygens (including phenoxy) is 2. The molecule has 0 radical (unpaired) electrons. The normalized spacial score (nSPS) is 13.2. The Labute approximate surface area is 155 Å². The SMILES string of the molecule is CC(=O)N[C@H](CCOCc1ccccc1)[C@H](O)COCc1ccccc1. The Bertz CT molecular complexity index is 633. The highest BCUT2D eigenvalue weighted by Crippen LogP contribution is 2.07. The lowest BCUT2D eigenvalue weighted by Crippen LogP contribution is -2.45. The summed E-state index contributed by atoms with van der Waals surface area (Å²) in [6, 6.07) is 19.2. The predicted octanol–water partition coefficient (Wildman–Crippen LogP) is 2.68. The Hall–Kier alpha value is -2.21. The van der Waals surface area contributed by atoms with Crippen LogP contribution in [-0.4, -0.2) is 36.4 Å². The van der Waals surface area contributed by atoms with Gasteiger partial charge in [0.1, 0.15) is 0 Å². The van der Waals surface area contributed by atoms with Crippen molar-refractivity contribution >= 4 is 5.91 Å². The summed E-state index contributed by atoms with van der Waals surface area (Å²) in [7, 11) is 0. The van der Waals surface area contributed by atoms with Gasteiger partial charge in [0, 0.05) is 13.5 Å². The van der Waals surface area contributed by atoms with Gasteiger partial charge < -0.3 is 19.9 Å². The molecule has 0 unspecified atom stereocenters. The second-order valence-corrected chi connectivity index (χ2v) is 6.20. The van der Waals surface area contributed by atoms with Gasteiger partial charge in [-0.25, -0.2) is 0 Å². The first-order chi connectivity index (χ1) is 12.6. The third-order valence-corrected chi connectivity index (χ3v) is 3.94. The van der Waals surface area contributed by atoms with Crippen LogP contribution < -0.4 is 5.32 Å². The summed E-state index contributed by atoms with van der Waals surface area (Å²) in [4.78, 5) is 11.4. The van der Waals surface area contributed by atoms with Crippen molar-refractivity contribution in [2.45, 2.75) is 38.7 Å². The van der Waals surface area contributed by atoms with Gasteiger partial charge >= 0.3 is 0 Å². The van der Waals surface area contributed by atoms with Gasteiger partial charge in [-0.05, 0) is 17.5 Å². The van der Waals surface area contributed by atoms with Crippen LogP contribution in [0.15, 0.2) is 60.7 Å². The molecule has 0 saturated carbocycles. The Balaban J connectivity index is 1.72. The monoisotopic (exact) mass is 357 g/mol. The maximum absolute atomic E-state index is 11.4. The quantitative estimate of drug-likeness (QED) is 0.607. The molecule has 0 heterocycles. The number of aliphatic hydroxyl groups excluding tert-OH is 1. The zero-order valence-corrected chi connectivity index (χ0v) is 15.1. The number of aliphatic hydroxyl groups is 1. The highest BCUT2D eigenvalue weighted by atomic mass is 16.5. The van der Waals surface area contributed by atoms with Gasteiger partial charge in [0.15, 0.2) is 0 Å². The largest absolute Gasteiger partial charge is 0.389 e. The molecule has 26 heavy (non-hydrogen) atoms. The molecular formula is C21H27NO4. The fourth-order valence-electron chi connectivity index (χ4n) is 2.58. The summed E-state index contributed by atoms with van der Waals surface area (Å²) in [6.45, 7) is 2.97. The second kappa shape index (κ2) is 11.4. The number of amides is 1. The Morgan fingerprint density at radius 1 is 0.962 bits per heavy atom. The van der Waals surface area contributed by atoms with Crippen molar-refractivity contribution in [3.05, 3.63) is 71.8 Å². The highest BCUT2D eigenvalue weighted by Gasteiger charge is 2.20. The average Bonchev–Trinajstić information content (AvgIpc) is 2.65. The average molecular weight is 357 g/mol. The fourth-order valence-corrected chi connectivity index (χ4v) is 2.58. The summed E-state index contributed by atoms with van der Waals surface area (Å²) in [5.41, 5.74) is 2.14. The van der Waals surface area contributed by atoms with E-state index in [0.29, 0.717) is 26.2 Å². The van der Waals surface area contributed by atoms with Gasteiger partial charge in [-0.3, -0.25) is 4.79 Å². The van der Waals surface area contributed by atoms with Crippen molar-refractivity contribution in [2.75, 3.05) is 13.2 Å². The van der Waals surface area contributed by atoms with E-state index in [4.69, 9.17) is 9.47 Å². The van der Waals surface area contributed by atoms with Crippen molar-refractivity contribution in [1.29, 1.82) is 0 Å². The first-order valence-electron chi connectivity index (χ1n) is 8.83. The molecule has 2 atom stereocenters. The van der Waals surface area contributed by atoms with Crippen molar-refractivity contribution in [1.82, 2.24) is 5.32 Å². The summed E-state index contributed by atoms with van der Waals surface area (Å²) < 4.78 is 11.2. The molecule has 0 aliphatic rings. The van der Waals surface area contributed by atoms with E-state index in [1.807, 2.05) is 60.7 Å². The van der Waals surface area contributed by atoms with E-state index in [9.17, 15) is 9.90 Å². The first-order valence-corrected chi connectivity index (χ1v) is 8.83. The van der Waals surface area contributed by atoms with Gasteiger partial charge in [0.25, 0.3) is 0 Å². The van der Waals surface area contributed by atoms with E-state index in [-0.39, 0.29) is 12.5 Å². The molecule has 5 heteroatoms. The number of benzene rings is 2. The summed E-state index contributed by atoms with van der Waals surface area (Å²) in [5, 5.41) is 13.1. The van der Waals surface area contributed by atoms with Crippen LogP contribution in [0.5, 0.6) is 0 Å². The molecule has 0 spiro atoms. The van der Waals surface area contributed by atoms with Gasteiger partial charge in [-0.1, -0.05) is 60.7 Å². The molecule has 2 rings (SSSR count). The lowest BCUT2D eigenvalue weighted by molar-refractivity contribution is -0.121. The standard InChI is InChI=1S/C21H27NO4/c1-17(23)22-20(12-13-25-14-18-8-4-2-5-9-18)21(24)16-26-15-19-10-6-3-7-11-19/h2-11,20-21,24H,12-16H2,1H3,(H,22,23)/t20-,21-/m1/s1. The van der Waals surface area contributed by atoms with Crippen LogP contribution in [-0.2, 0) is 27.5 Å². The maximum atomic E-state index is 11.4. The minimum atomic E-state index is -0.789. The molecule has 0 aliphatic carbocycles. The second-order valence-electron chi connectivity index (χ2n) is 6.20. The number of hydrogen-bond acceptors (Lipinski definition) is 4. The van der Waals surface area contributed by atoms with Crippen molar-refractivity contribution in [3.8, 4) is 0 Å². The minimum Gasteiger partial charge on any atom is -0.389 e. The molecule has 0 aromatic heterocycles. The maximum Gasteiger partial charge on any atom is 0.217 e. The lowest BCUT2D eigenvalue weighted by Gasteiger charge is -2.23. The van der Waals surface area contributed by atoms with Crippen LogP contribution in [0.2, 0.25) is 0 Å². The number of carbonyl (C=O) groups excluding carboxylic acids is 1. The van der Waals surface area contributed by atoms with E-state index in [2.05, 4.69) is 5.32 Å². The van der Waals surface area contributed by atoms with Crippen molar-refractivity contribution < 1.29 is 19.4 Å². The molecule has 140 valence electrons. The van der Waals surface area contributed by atoms with Gasteiger partial charge in [0.05, 0.1) is 32.0 Å². The number of nitrogens with one attached hydrogen (secondary N) is 1. The van der Waals surface area contributed by atoms with Crippen molar-refractivity contribution in [3.63, 3.8) is 0 Å². The molecule has 5 nitrogen and oxygen atoms in total. The summed E-state index contributed by atoms with van der Waals surface area (Å²) in [6.07, 6.45) is -0.273. The van der Waals surface area contributed by atoms with Crippen LogP contribution >= 0.6 is 0 Å². The first kappa shape index (κ1) is 20.1. The predicted molar refractivity (Wildman–Crippen MR) is 100 cm³/mol. The molecule has 0 fully saturated rings. The summed E-state index contributed by atoms with van der Waals surface area (Å²) in [5.74, 6) is -0.180. The number of hydrogen-bond donors (Lipinski definition) is 2. The van der Waals surface area contributed by atoms with Crippen LogP contribution in [0.1, 0.15) is 24.5 Å². The molecule has 2 aromatic rings. The van der Waals surface area contributed by atoms with E-state index < -0.39 is 12.1 Å².